The summed E-state index contributed by atoms with van der Waals surface area (Å²) in [6.07, 6.45) is 8.81. The van der Waals surface area contributed by atoms with Crippen LogP contribution in [0.25, 0.3) is 0 Å². The van der Waals surface area contributed by atoms with Crippen LogP contribution in [0.3, 0.4) is 0 Å². The lowest BCUT2D eigenvalue weighted by Crippen LogP contribution is -2.34. The van der Waals surface area contributed by atoms with Crippen molar-refractivity contribution < 1.29 is 4.79 Å². The first kappa shape index (κ1) is 10.5. The average molecular weight is 209 g/mol. The van der Waals surface area contributed by atoms with E-state index >= 15 is 0 Å². The molecule has 2 rings (SSSR count). The molecule has 4 nitrogen and oxygen atoms in total. The van der Waals surface area contributed by atoms with Gasteiger partial charge in [-0.2, -0.15) is 5.10 Å². The summed E-state index contributed by atoms with van der Waals surface area (Å²) in [7, 11) is 0. The second-order valence-corrected chi connectivity index (χ2v) is 4.62. The Kier molecular flexibility index (Phi) is 3.23. The SMILES string of the molecule is NC(=O)N/N=C1\CCC[C@@H]2CCCC[C@@H]12. The van der Waals surface area contributed by atoms with Crippen molar-refractivity contribution in [3.05, 3.63) is 0 Å². The highest BCUT2D eigenvalue weighted by atomic mass is 16.2. The Bertz CT molecular complexity index is 273. The van der Waals surface area contributed by atoms with Crippen molar-refractivity contribution in [2.24, 2.45) is 22.7 Å². The van der Waals surface area contributed by atoms with E-state index in [-0.39, 0.29) is 0 Å². The Hall–Kier alpha value is -1.06. The van der Waals surface area contributed by atoms with Crippen molar-refractivity contribution in [3.8, 4) is 0 Å². The van der Waals surface area contributed by atoms with E-state index < -0.39 is 6.03 Å². The largest absolute Gasteiger partial charge is 0.350 e. The second-order valence-electron chi connectivity index (χ2n) is 4.62. The summed E-state index contributed by atoms with van der Waals surface area (Å²) < 4.78 is 0. The predicted octanol–water partition coefficient (Wildman–Crippen LogP) is 2.00. The van der Waals surface area contributed by atoms with Crippen molar-refractivity contribution in [2.75, 3.05) is 0 Å². The predicted molar refractivity (Wildman–Crippen MR) is 59.5 cm³/mol. The third-order valence-electron chi connectivity index (χ3n) is 3.65. The number of carbonyl (C=O) groups is 1. The fraction of sp³-hybridized carbons (Fsp3) is 0.818. The number of hydrogen-bond donors (Lipinski definition) is 2. The number of nitrogens with two attached hydrogens (primary N) is 1. The van der Waals surface area contributed by atoms with Gasteiger partial charge in [0.2, 0.25) is 0 Å². The van der Waals surface area contributed by atoms with E-state index in [0.717, 1.165) is 12.3 Å². The van der Waals surface area contributed by atoms with Crippen LogP contribution in [0.4, 0.5) is 4.79 Å². The molecule has 0 radical (unpaired) electrons. The molecule has 0 aromatic rings. The fourth-order valence-corrected chi connectivity index (χ4v) is 2.99. The van der Waals surface area contributed by atoms with E-state index in [1.54, 1.807) is 0 Å². The molecule has 2 atom stereocenters. The molecule has 2 amide bonds. The average Bonchev–Trinajstić information content (AvgIpc) is 2.26. The molecule has 2 fully saturated rings. The second kappa shape index (κ2) is 4.64. The van der Waals surface area contributed by atoms with Crippen molar-refractivity contribution in [3.63, 3.8) is 0 Å². The van der Waals surface area contributed by atoms with Crippen LogP contribution in [-0.2, 0) is 0 Å². The van der Waals surface area contributed by atoms with Crippen molar-refractivity contribution in [1.82, 2.24) is 5.43 Å². The van der Waals surface area contributed by atoms with Crippen LogP contribution in [0.5, 0.6) is 0 Å². The Labute approximate surface area is 90.3 Å². The van der Waals surface area contributed by atoms with Crippen LogP contribution in [0, 0.1) is 11.8 Å². The van der Waals surface area contributed by atoms with E-state index in [2.05, 4.69) is 10.5 Å². The van der Waals surface area contributed by atoms with Crippen molar-refractivity contribution in [2.45, 2.75) is 44.9 Å². The number of rotatable bonds is 1. The molecular weight excluding hydrogens is 190 g/mol. The molecule has 0 heterocycles. The van der Waals surface area contributed by atoms with Crippen molar-refractivity contribution >= 4 is 11.7 Å². The molecule has 0 saturated heterocycles. The molecule has 2 saturated carbocycles. The number of nitrogens with one attached hydrogen (secondary N) is 1. The maximum Gasteiger partial charge on any atom is 0.332 e. The quantitative estimate of drug-likeness (QED) is 0.637. The maximum absolute atomic E-state index is 10.6. The lowest BCUT2D eigenvalue weighted by Gasteiger charge is -2.36. The highest BCUT2D eigenvalue weighted by molar-refractivity contribution is 5.88. The van der Waals surface area contributed by atoms with E-state index in [4.69, 9.17) is 5.73 Å². The summed E-state index contributed by atoms with van der Waals surface area (Å²) in [6.45, 7) is 0. The highest BCUT2D eigenvalue weighted by Gasteiger charge is 2.32. The molecule has 0 bridgehead atoms. The minimum atomic E-state index is -0.555. The number of fused-ring (bicyclic) bond motifs is 1. The molecule has 2 aliphatic carbocycles. The Morgan fingerprint density at radius 2 is 2.00 bits per heavy atom. The maximum atomic E-state index is 10.6. The number of primary amides is 1. The number of hydrazone groups is 1. The molecule has 0 spiro atoms. The minimum absolute atomic E-state index is 0.555. The zero-order valence-electron chi connectivity index (χ0n) is 9.04. The lowest BCUT2D eigenvalue weighted by molar-refractivity contribution is 0.247. The Balaban J connectivity index is 2.03. The fourth-order valence-electron chi connectivity index (χ4n) is 2.99. The number of amides is 2. The number of hydrogen-bond acceptors (Lipinski definition) is 2. The first-order valence-corrected chi connectivity index (χ1v) is 5.89. The first-order valence-electron chi connectivity index (χ1n) is 5.89. The molecule has 15 heavy (non-hydrogen) atoms. The summed E-state index contributed by atoms with van der Waals surface area (Å²) in [6, 6.07) is -0.555. The zero-order valence-corrected chi connectivity index (χ0v) is 9.04. The van der Waals surface area contributed by atoms with Gasteiger partial charge in [0, 0.05) is 11.6 Å². The van der Waals surface area contributed by atoms with E-state index in [0.29, 0.717) is 5.92 Å². The van der Waals surface area contributed by atoms with Gasteiger partial charge in [0.05, 0.1) is 0 Å². The van der Waals surface area contributed by atoms with Crippen LogP contribution < -0.4 is 11.2 Å². The van der Waals surface area contributed by atoms with Gasteiger partial charge in [0.15, 0.2) is 0 Å². The van der Waals surface area contributed by atoms with Gasteiger partial charge in [-0.3, -0.25) is 0 Å². The van der Waals surface area contributed by atoms with E-state index in [1.165, 1.54) is 44.2 Å². The Morgan fingerprint density at radius 3 is 2.80 bits per heavy atom. The van der Waals surface area contributed by atoms with Gasteiger partial charge in [0.1, 0.15) is 0 Å². The van der Waals surface area contributed by atoms with Gasteiger partial charge < -0.3 is 5.73 Å². The van der Waals surface area contributed by atoms with Gasteiger partial charge in [-0.25, -0.2) is 10.2 Å². The van der Waals surface area contributed by atoms with E-state index in [1.807, 2.05) is 0 Å². The molecule has 2 aliphatic rings. The molecule has 0 aromatic heterocycles. The summed E-state index contributed by atoms with van der Waals surface area (Å²) in [4.78, 5) is 10.6. The van der Waals surface area contributed by atoms with Gasteiger partial charge in [-0.05, 0) is 38.0 Å². The lowest BCUT2D eigenvalue weighted by atomic mass is 9.70. The number of nitrogens with zero attached hydrogens (tertiary/aromatic N) is 1. The van der Waals surface area contributed by atoms with Crippen LogP contribution in [0.15, 0.2) is 5.10 Å². The Morgan fingerprint density at radius 1 is 1.27 bits per heavy atom. The zero-order chi connectivity index (χ0) is 10.7. The van der Waals surface area contributed by atoms with Crippen LogP contribution in [0.2, 0.25) is 0 Å². The van der Waals surface area contributed by atoms with Gasteiger partial charge >= 0.3 is 6.03 Å². The van der Waals surface area contributed by atoms with Crippen LogP contribution >= 0.6 is 0 Å². The summed E-state index contributed by atoms with van der Waals surface area (Å²) in [5, 5.41) is 4.16. The first-order chi connectivity index (χ1) is 7.27. The molecule has 0 aromatic carbocycles. The molecule has 4 heteroatoms. The topological polar surface area (TPSA) is 67.5 Å². The normalized spacial score (nSPS) is 33.5. The molecular formula is C11H19N3O. The molecule has 3 N–H and O–H groups in total. The standard InChI is InChI=1S/C11H19N3O/c12-11(15)14-13-10-7-3-5-8-4-1-2-6-9(8)10/h8-9H,1-7H2,(H3,12,14,15)/b13-10+/t8-,9+/m0/s1. The smallest absolute Gasteiger partial charge is 0.332 e. The number of carbonyl (C=O) groups excluding carboxylic acids is 1. The monoisotopic (exact) mass is 209 g/mol. The van der Waals surface area contributed by atoms with Gasteiger partial charge in [-0.1, -0.05) is 12.8 Å². The van der Waals surface area contributed by atoms with Gasteiger partial charge in [0.25, 0.3) is 0 Å². The molecule has 0 aliphatic heterocycles. The number of urea groups is 1. The van der Waals surface area contributed by atoms with Crippen molar-refractivity contribution in [1.29, 1.82) is 0 Å². The van der Waals surface area contributed by atoms with Crippen LogP contribution in [0.1, 0.15) is 44.9 Å². The minimum Gasteiger partial charge on any atom is -0.350 e. The third-order valence-corrected chi connectivity index (χ3v) is 3.65. The van der Waals surface area contributed by atoms with E-state index in [9.17, 15) is 4.79 Å². The highest BCUT2D eigenvalue weighted by Crippen LogP contribution is 2.38. The summed E-state index contributed by atoms with van der Waals surface area (Å²) in [5.41, 5.74) is 8.57. The third kappa shape index (κ3) is 2.49. The summed E-state index contributed by atoms with van der Waals surface area (Å²) in [5.74, 6) is 1.42. The molecule has 0 unspecified atom stereocenters. The summed E-state index contributed by atoms with van der Waals surface area (Å²) >= 11 is 0. The molecule has 84 valence electrons. The van der Waals surface area contributed by atoms with Gasteiger partial charge in [-0.15, -0.1) is 0 Å². The van der Waals surface area contributed by atoms with Crippen LogP contribution in [-0.4, -0.2) is 11.7 Å².